The predicted molar refractivity (Wildman–Crippen MR) is 53.8 cm³/mol. The maximum atomic E-state index is 11.6. The van der Waals surface area contributed by atoms with E-state index < -0.39 is 5.41 Å². The summed E-state index contributed by atoms with van der Waals surface area (Å²) in [6, 6.07) is 0. The van der Waals surface area contributed by atoms with Crippen LogP contribution in [0, 0.1) is 5.41 Å². The second kappa shape index (κ2) is 3.34. The van der Waals surface area contributed by atoms with E-state index in [1.807, 2.05) is 6.08 Å². The minimum Gasteiger partial charge on any atom is -0.468 e. The number of carbonyl (C=O) groups excluding carboxylic acids is 1. The first-order valence-electron chi connectivity index (χ1n) is 4.54. The standard InChI is InChI=1S/C10H11N3O2/c1-10(9(14)15-2)5-3-4-7-8(6-10)12-13-11-7/h3-6H,1-2H3,(H,11,12)/t10-/m0/s1. The summed E-state index contributed by atoms with van der Waals surface area (Å²) in [6.07, 6.45) is 7.12. The van der Waals surface area contributed by atoms with Crippen molar-refractivity contribution in [3.8, 4) is 0 Å². The van der Waals surface area contributed by atoms with Gasteiger partial charge in [0.1, 0.15) is 10.8 Å². The largest absolute Gasteiger partial charge is 0.468 e. The molecule has 0 saturated heterocycles. The van der Waals surface area contributed by atoms with E-state index in [-0.39, 0.29) is 5.97 Å². The van der Waals surface area contributed by atoms with Gasteiger partial charge in [0.2, 0.25) is 0 Å². The van der Waals surface area contributed by atoms with Crippen LogP contribution in [0.25, 0.3) is 12.2 Å². The maximum Gasteiger partial charge on any atom is 0.319 e. The van der Waals surface area contributed by atoms with E-state index in [2.05, 4.69) is 15.4 Å². The topological polar surface area (TPSA) is 67.9 Å². The van der Waals surface area contributed by atoms with Crippen molar-refractivity contribution in [2.24, 2.45) is 5.41 Å². The quantitative estimate of drug-likeness (QED) is 0.604. The molecule has 1 aromatic heterocycles. The van der Waals surface area contributed by atoms with Crippen LogP contribution >= 0.6 is 0 Å². The summed E-state index contributed by atoms with van der Waals surface area (Å²) in [7, 11) is 1.37. The van der Waals surface area contributed by atoms with Crippen molar-refractivity contribution in [2.75, 3.05) is 7.11 Å². The Labute approximate surface area is 86.1 Å². The van der Waals surface area contributed by atoms with Crippen LogP contribution in [-0.4, -0.2) is 28.5 Å². The molecule has 0 aromatic carbocycles. The third kappa shape index (κ3) is 1.56. The Balaban J connectivity index is 2.61. The van der Waals surface area contributed by atoms with Gasteiger partial charge in [-0.3, -0.25) is 9.89 Å². The summed E-state index contributed by atoms with van der Waals surface area (Å²) >= 11 is 0. The van der Waals surface area contributed by atoms with Crippen molar-refractivity contribution < 1.29 is 9.53 Å². The van der Waals surface area contributed by atoms with Gasteiger partial charge in [-0.15, -0.1) is 5.10 Å². The second-order valence-electron chi connectivity index (χ2n) is 3.56. The average molecular weight is 205 g/mol. The smallest absolute Gasteiger partial charge is 0.319 e. The second-order valence-corrected chi connectivity index (χ2v) is 3.56. The first-order valence-corrected chi connectivity index (χ1v) is 4.54. The highest BCUT2D eigenvalue weighted by molar-refractivity contribution is 5.86. The van der Waals surface area contributed by atoms with Crippen LogP contribution in [0.2, 0.25) is 0 Å². The molecule has 0 spiro atoms. The van der Waals surface area contributed by atoms with Crippen molar-refractivity contribution in [3.05, 3.63) is 22.9 Å². The number of methoxy groups -OCH3 is 1. The van der Waals surface area contributed by atoms with Crippen LogP contribution in [0.4, 0.5) is 0 Å². The average Bonchev–Trinajstić information content (AvgIpc) is 2.58. The lowest BCUT2D eigenvalue weighted by atomic mass is 9.90. The Morgan fingerprint density at radius 3 is 3.13 bits per heavy atom. The first kappa shape index (κ1) is 9.64. The number of H-pyrrole nitrogens is 1. The molecule has 15 heavy (non-hydrogen) atoms. The summed E-state index contributed by atoms with van der Waals surface area (Å²) in [6.45, 7) is 1.77. The Bertz CT molecular complexity index is 529. The van der Waals surface area contributed by atoms with Crippen LogP contribution in [0.5, 0.6) is 0 Å². The Morgan fingerprint density at radius 2 is 2.40 bits per heavy atom. The number of nitrogens with one attached hydrogen (secondary N) is 1. The van der Waals surface area contributed by atoms with Gasteiger partial charge in [0.25, 0.3) is 0 Å². The van der Waals surface area contributed by atoms with E-state index in [4.69, 9.17) is 4.74 Å². The minimum atomic E-state index is -0.784. The number of hydrogen-bond acceptors (Lipinski definition) is 4. The molecule has 1 aliphatic carbocycles. The van der Waals surface area contributed by atoms with E-state index in [0.29, 0.717) is 5.35 Å². The molecule has 0 bridgehead atoms. The van der Waals surface area contributed by atoms with Gasteiger partial charge in [-0.2, -0.15) is 0 Å². The molecule has 1 N–H and O–H groups in total. The van der Waals surface area contributed by atoms with Gasteiger partial charge in [0.05, 0.1) is 12.5 Å². The predicted octanol–water partition coefficient (Wildman–Crippen LogP) is -0.885. The fourth-order valence-electron chi connectivity index (χ4n) is 1.50. The van der Waals surface area contributed by atoms with Crippen LogP contribution in [-0.2, 0) is 9.53 Å². The molecule has 0 fully saturated rings. The molecule has 1 atom stereocenters. The lowest BCUT2D eigenvalue weighted by Crippen LogP contribution is -2.31. The molecule has 0 amide bonds. The number of aromatic nitrogens is 3. The summed E-state index contributed by atoms with van der Waals surface area (Å²) in [5, 5.41) is 11.8. The van der Waals surface area contributed by atoms with Gasteiger partial charge in [0, 0.05) is 0 Å². The minimum absolute atomic E-state index is 0.317. The number of rotatable bonds is 1. The number of aromatic amines is 1. The molecule has 0 saturated carbocycles. The molecule has 0 radical (unpaired) electrons. The molecular weight excluding hydrogens is 194 g/mol. The highest BCUT2D eigenvalue weighted by atomic mass is 16.5. The van der Waals surface area contributed by atoms with Gasteiger partial charge in [-0.1, -0.05) is 17.4 Å². The van der Waals surface area contributed by atoms with Crippen LogP contribution in [0.15, 0.2) is 12.2 Å². The van der Waals surface area contributed by atoms with Gasteiger partial charge >= 0.3 is 5.97 Å². The Morgan fingerprint density at radius 1 is 1.60 bits per heavy atom. The van der Waals surface area contributed by atoms with E-state index in [1.54, 1.807) is 25.2 Å². The third-order valence-corrected chi connectivity index (χ3v) is 2.37. The van der Waals surface area contributed by atoms with E-state index >= 15 is 0 Å². The summed E-state index contributed by atoms with van der Waals surface area (Å²) in [5.74, 6) is -0.317. The summed E-state index contributed by atoms with van der Waals surface area (Å²) in [4.78, 5) is 11.6. The first-order chi connectivity index (χ1) is 7.15. The van der Waals surface area contributed by atoms with Crippen LogP contribution < -0.4 is 10.7 Å². The fourth-order valence-corrected chi connectivity index (χ4v) is 1.50. The summed E-state index contributed by atoms with van der Waals surface area (Å²) < 4.78 is 4.75. The molecule has 0 aliphatic heterocycles. The fraction of sp³-hybridized carbons (Fsp3) is 0.300. The Kier molecular flexibility index (Phi) is 2.15. The summed E-state index contributed by atoms with van der Waals surface area (Å²) in [5.41, 5.74) is -0.784. The number of esters is 1. The zero-order valence-corrected chi connectivity index (χ0v) is 8.52. The van der Waals surface area contributed by atoms with Crippen molar-refractivity contribution >= 4 is 18.1 Å². The molecule has 78 valence electrons. The van der Waals surface area contributed by atoms with Crippen LogP contribution in [0.1, 0.15) is 6.92 Å². The number of allylic oxidation sites excluding steroid dienone is 1. The third-order valence-electron chi connectivity index (χ3n) is 2.37. The van der Waals surface area contributed by atoms with E-state index in [0.717, 1.165) is 5.35 Å². The van der Waals surface area contributed by atoms with E-state index in [9.17, 15) is 4.79 Å². The normalized spacial score (nSPS) is 23.3. The lowest BCUT2D eigenvalue weighted by molar-refractivity contribution is -0.145. The van der Waals surface area contributed by atoms with Crippen LogP contribution in [0.3, 0.4) is 0 Å². The van der Waals surface area contributed by atoms with Gasteiger partial charge in [-0.25, -0.2) is 0 Å². The van der Waals surface area contributed by atoms with Crippen molar-refractivity contribution in [2.45, 2.75) is 6.92 Å². The molecule has 5 nitrogen and oxygen atoms in total. The molecule has 1 aromatic rings. The van der Waals surface area contributed by atoms with Gasteiger partial charge < -0.3 is 4.74 Å². The molecular formula is C10H11N3O2. The molecule has 2 rings (SSSR count). The number of ether oxygens (including phenoxy) is 1. The lowest BCUT2D eigenvalue weighted by Gasteiger charge is -2.16. The van der Waals surface area contributed by atoms with Gasteiger partial charge in [0.15, 0.2) is 0 Å². The van der Waals surface area contributed by atoms with Crippen molar-refractivity contribution in [1.82, 2.24) is 15.4 Å². The zero-order chi connectivity index (χ0) is 10.9. The number of fused-ring (bicyclic) bond motifs is 1. The molecule has 5 heteroatoms. The Hall–Kier alpha value is -1.91. The molecule has 1 aliphatic rings. The molecule has 0 unspecified atom stereocenters. The van der Waals surface area contributed by atoms with Gasteiger partial charge in [-0.05, 0) is 19.1 Å². The van der Waals surface area contributed by atoms with Crippen molar-refractivity contribution in [1.29, 1.82) is 0 Å². The monoisotopic (exact) mass is 205 g/mol. The molecule has 1 heterocycles. The number of nitrogens with zero attached hydrogens (tertiary/aromatic N) is 2. The van der Waals surface area contributed by atoms with Crippen molar-refractivity contribution in [3.63, 3.8) is 0 Å². The number of hydrogen-bond donors (Lipinski definition) is 1. The van der Waals surface area contributed by atoms with E-state index in [1.165, 1.54) is 7.11 Å². The highest BCUT2D eigenvalue weighted by Crippen LogP contribution is 2.22. The SMILES string of the molecule is COC(=O)[C@@]1(C)C=CC=c2[nH]nnc2=C1. The number of carbonyl (C=O) groups is 1. The zero-order valence-electron chi connectivity index (χ0n) is 8.52. The maximum absolute atomic E-state index is 11.6. The highest BCUT2D eigenvalue weighted by Gasteiger charge is 2.29.